The summed E-state index contributed by atoms with van der Waals surface area (Å²) in [5.74, 6) is 0.339. The fraction of sp³-hybridized carbons (Fsp3) is 0.750. The van der Waals surface area contributed by atoms with E-state index in [1.165, 1.54) is 0 Å². The van der Waals surface area contributed by atoms with Crippen LogP contribution in [0.5, 0.6) is 0 Å². The van der Waals surface area contributed by atoms with Crippen molar-refractivity contribution in [3.63, 3.8) is 0 Å². The van der Waals surface area contributed by atoms with Gasteiger partial charge in [-0.2, -0.15) is 0 Å². The maximum atomic E-state index is 11.2. The Balaban J connectivity index is 1.98. The molecular weight excluding hydrogens is 156 g/mol. The van der Waals surface area contributed by atoms with Gasteiger partial charge in [0.1, 0.15) is 0 Å². The van der Waals surface area contributed by atoms with Crippen LogP contribution in [0.2, 0.25) is 0 Å². The van der Waals surface area contributed by atoms with Gasteiger partial charge in [0.05, 0.1) is 12.0 Å². The lowest BCUT2D eigenvalue weighted by molar-refractivity contribution is -0.132. The standard InChI is InChI=1S/C8H12N2O2/c1-2-7(11)10-3-5-6(4-10)9-8(5)12/h5-6H,2-4H2,1H3,(H,9,12)/t5-,6-/m0/s1. The van der Waals surface area contributed by atoms with E-state index in [0.29, 0.717) is 19.5 Å². The molecule has 0 saturated carbocycles. The molecule has 4 heteroatoms. The lowest BCUT2D eigenvalue weighted by atomic mass is 9.95. The van der Waals surface area contributed by atoms with E-state index in [4.69, 9.17) is 0 Å². The number of likely N-dealkylation sites (tertiary alicyclic amines) is 1. The van der Waals surface area contributed by atoms with Crippen LogP contribution in [-0.4, -0.2) is 35.8 Å². The Hall–Kier alpha value is -1.06. The van der Waals surface area contributed by atoms with Crippen molar-refractivity contribution >= 4 is 11.8 Å². The molecule has 2 amide bonds. The van der Waals surface area contributed by atoms with E-state index in [0.717, 1.165) is 0 Å². The van der Waals surface area contributed by atoms with Crippen molar-refractivity contribution in [2.45, 2.75) is 19.4 Å². The topological polar surface area (TPSA) is 49.4 Å². The van der Waals surface area contributed by atoms with Gasteiger partial charge in [-0.1, -0.05) is 6.92 Å². The maximum absolute atomic E-state index is 11.2. The maximum Gasteiger partial charge on any atom is 0.227 e. The second kappa shape index (κ2) is 2.47. The van der Waals surface area contributed by atoms with Crippen molar-refractivity contribution in [2.75, 3.05) is 13.1 Å². The van der Waals surface area contributed by atoms with Crippen LogP contribution in [0.4, 0.5) is 0 Å². The molecule has 0 aliphatic carbocycles. The van der Waals surface area contributed by atoms with Crippen LogP contribution < -0.4 is 5.32 Å². The molecule has 2 saturated heterocycles. The minimum absolute atomic E-state index is 0.0838. The predicted octanol–water partition coefficient (Wildman–Crippen LogP) is -0.647. The average molecular weight is 168 g/mol. The fourth-order valence-corrected chi connectivity index (χ4v) is 1.84. The Kier molecular flexibility index (Phi) is 1.56. The number of nitrogens with one attached hydrogen (secondary N) is 1. The molecule has 2 aliphatic rings. The van der Waals surface area contributed by atoms with Gasteiger partial charge in [-0.05, 0) is 0 Å². The van der Waals surface area contributed by atoms with Crippen LogP contribution in [0, 0.1) is 5.92 Å². The van der Waals surface area contributed by atoms with Gasteiger partial charge in [0.25, 0.3) is 0 Å². The smallest absolute Gasteiger partial charge is 0.227 e. The van der Waals surface area contributed by atoms with Crippen LogP contribution in [0.15, 0.2) is 0 Å². The van der Waals surface area contributed by atoms with Gasteiger partial charge >= 0.3 is 0 Å². The quantitative estimate of drug-likeness (QED) is 0.529. The van der Waals surface area contributed by atoms with Crippen LogP contribution in [0.25, 0.3) is 0 Å². The molecule has 2 rings (SSSR count). The number of hydrogen-bond acceptors (Lipinski definition) is 2. The molecule has 66 valence electrons. The zero-order chi connectivity index (χ0) is 8.72. The number of rotatable bonds is 1. The molecular formula is C8H12N2O2. The Bertz CT molecular complexity index is 239. The van der Waals surface area contributed by atoms with E-state index >= 15 is 0 Å². The van der Waals surface area contributed by atoms with E-state index in [2.05, 4.69) is 5.32 Å². The number of fused-ring (bicyclic) bond motifs is 1. The average Bonchev–Trinajstić information content (AvgIpc) is 2.41. The summed E-state index contributed by atoms with van der Waals surface area (Å²) in [6, 6.07) is 0.244. The third kappa shape index (κ3) is 0.906. The summed E-state index contributed by atoms with van der Waals surface area (Å²) in [4.78, 5) is 23.9. The molecule has 2 atom stereocenters. The Morgan fingerprint density at radius 1 is 1.67 bits per heavy atom. The summed E-state index contributed by atoms with van der Waals surface area (Å²) in [6.07, 6.45) is 0.535. The van der Waals surface area contributed by atoms with Gasteiger partial charge in [0.2, 0.25) is 11.8 Å². The predicted molar refractivity (Wildman–Crippen MR) is 42.3 cm³/mol. The van der Waals surface area contributed by atoms with Crippen molar-refractivity contribution in [3.05, 3.63) is 0 Å². The zero-order valence-electron chi connectivity index (χ0n) is 7.04. The van der Waals surface area contributed by atoms with Crippen molar-refractivity contribution in [1.82, 2.24) is 10.2 Å². The molecule has 0 spiro atoms. The van der Waals surface area contributed by atoms with Crippen LogP contribution in [0.3, 0.4) is 0 Å². The molecule has 2 aliphatic heterocycles. The molecule has 0 aromatic heterocycles. The van der Waals surface area contributed by atoms with Crippen molar-refractivity contribution < 1.29 is 9.59 Å². The Morgan fingerprint density at radius 2 is 2.42 bits per heavy atom. The third-order valence-corrected chi connectivity index (χ3v) is 2.64. The van der Waals surface area contributed by atoms with Crippen molar-refractivity contribution in [2.24, 2.45) is 5.92 Å². The first kappa shape index (κ1) is 7.58. The SMILES string of the molecule is CCC(=O)N1C[C@@H]2NC(=O)[C@H]2C1. The summed E-state index contributed by atoms with van der Waals surface area (Å²) in [5.41, 5.74) is 0. The summed E-state index contributed by atoms with van der Waals surface area (Å²) < 4.78 is 0. The highest BCUT2D eigenvalue weighted by Gasteiger charge is 2.47. The first-order chi connectivity index (χ1) is 5.72. The minimum Gasteiger partial charge on any atom is -0.350 e. The van der Waals surface area contributed by atoms with E-state index in [-0.39, 0.29) is 23.8 Å². The molecule has 12 heavy (non-hydrogen) atoms. The molecule has 2 fully saturated rings. The summed E-state index contributed by atoms with van der Waals surface area (Å²) in [5, 5.41) is 2.78. The van der Waals surface area contributed by atoms with Gasteiger partial charge in [0.15, 0.2) is 0 Å². The third-order valence-electron chi connectivity index (χ3n) is 2.64. The highest BCUT2D eigenvalue weighted by molar-refractivity contribution is 5.88. The second-order valence-corrected chi connectivity index (χ2v) is 3.37. The largest absolute Gasteiger partial charge is 0.350 e. The fourth-order valence-electron chi connectivity index (χ4n) is 1.84. The molecule has 4 nitrogen and oxygen atoms in total. The van der Waals surface area contributed by atoms with E-state index < -0.39 is 0 Å². The highest BCUT2D eigenvalue weighted by Crippen LogP contribution is 2.24. The highest BCUT2D eigenvalue weighted by atomic mass is 16.2. The summed E-state index contributed by atoms with van der Waals surface area (Å²) >= 11 is 0. The van der Waals surface area contributed by atoms with Gasteiger partial charge in [-0.3, -0.25) is 9.59 Å². The van der Waals surface area contributed by atoms with E-state index in [1.54, 1.807) is 4.90 Å². The van der Waals surface area contributed by atoms with E-state index in [1.807, 2.05) is 6.92 Å². The lowest BCUT2D eigenvalue weighted by Crippen LogP contribution is -2.57. The number of carbonyl (C=O) groups excluding carboxylic acids is 2. The van der Waals surface area contributed by atoms with Gasteiger partial charge in [0, 0.05) is 19.5 Å². The molecule has 0 aromatic rings. The molecule has 2 heterocycles. The normalized spacial score (nSPS) is 32.4. The molecule has 0 bridgehead atoms. The van der Waals surface area contributed by atoms with Crippen LogP contribution in [-0.2, 0) is 9.59 Å². The number of β-lactam (4-membered cyclic amide) rings is 1. The molecule has 1 N–H and O–H groups in total. The van der Waals surface area contributed by atoms with E-state index in [9.17, 15) is 9.59 Å². The minimum atomic E-state index is 0.0838. The van der Waals surface area contributed by atoms with Gasteiger partial charge < -0.3 is 10.2 Å². The van der Waals surface area contributed by atoms with Gasteiger partial charge in [-0.15, -0.1) is 0 Å². The summed E-state index contributed by atoms with van der Waals surface area (Å²) in [7, 11) is 0. The number of carbonyl (C=O) groups is 2. The number of hydrogen-bond donors (Lipinski definition) is 1. The Labute approximate surface area is 70.9 Å². The number of amides is 2. The van der Waals surface area contributed by atoms with Gasteiger partial charge in [-0.25, -0.2) is 0 Å². The second-order valence-electron chi connectivity index (χ2n) is 3.37. The van der Waals surface area contributed by atoms with Crippen LogP contribution >= 0.6 is 0 Å². The summed E-state index contributed by atoms with van der Waals surface area (Å²) in [6.45, 7) is 3.18. The van der Waals surface area contributed by atoms with Crippen molar-refractivity contribution in [3.8, 4) is 0 Å². The number of nitrogens with zero attached hydrogens (tertiary/aromatic N) is 1. The Morgan fingerprint density at radius 3 is 2.92 bits per heavy atom. The van der Waals surface area contributed by atoms with Crippen molar-refractivity contribution in [1.29, 1.82) is 0 Å². The lowest BCUT2D eigenvalue weighted by Gasteiger charge is -2.28. The monoisotopic (exact) mass is 168 g/mol. The zero-order valence-corrected chi connectivity index (χ0v) is 7.04. The molecule has 0 radical (unpaired) electrons. The first-order valence-electron chi connectivity index (χ1n) is 4.30. The van der Waals surface area contributed by atoms with Crippen LogP contribution in [0.1, 0.15) is 13.3 Å². The first-order valence-corrected chi connectivity index (χ1v) is 4.30. The molecule has 0 unspecified atom stereocenters. The molecule has 0 aromatic carbocycles.